The van der Waals surface area contributed by atoms with E-state index in [0.29, 0.717) is 5.75 Å². The Kier molecular flexibility index (Phi) is 5.35. The number of benzene rings is 1. The van der Waals surface area contributed by atoms with Gasteiger partial charge in [-0.05, 0) is 51.9 Å². The molecule has 2 rings (SSSR count). The predicted octanol–water partition coefficient (Wildman–Crippen LogP) is 3.39. The molecule has 1 aliphatic rings. The highest BCUT2D eigenvalue weighted by molar-refractivity contribution is 5.49. The van der Waals surface area contributed by atoms with Gasteiger partial charge in [0.15, 0.2) is 0 Å². The first-order valence-electron chi connectivity index (χ1n) is 8.24. The fraction of sp³-hybridized carbons (Fsp3) is 0.667. The van der Waals surface area contributed by atoms with Crippen molar-refractivity contribution < 1.29 is 14.6 Å². The molecule has 0 aromatic heterocycles. The second-order valence-electron chi connectivity index (χ2n) is 6.50. The zero-order valence-corrected chi connectivity index (χ0v) is 14.4. The topological polar surface area (TPSA) is 41.9 Å². The summed E-state index contributed by atoms with van der Waals surface area (Å²) in [6.45, 7) is 10.4. The average molecular weight is 307 g/mol. The molecule has 2 unspecified atom stereocenters. The first kappa shape index (κ1) is 17.1. The lowest BCUT2D eigenvalue weighted by atomic mass is 9.84. The Hall–Kier alpha value is -1.26. The maximum atomic E-state index is 11.1. The molecule has 0 bridgehead atoms. The summed E-state index contributed by atoms with van der Waals surface area (Å²) >= 11 is 0. The Morgan fingerprint density at radius 3 is 2.41 bits per heavy atom. The molecule has 0 spiro atoms. The minimum atomic E-state index is -0.618. The third-order valence-corrected chi connectivity index (χ3v) is 4.34. The van der Waals surface area contributed by atoms with Crippen LogP contribution in [-0.4, -0.2) is 41.8 Å². The van der Waals surface area contributed by atoms with Gasteiger partial charge in [0.25, 0.3) is 0 Å². The van der Waals surface area contributed by atoms with E-state index < -0.39 is 11.7 Å². The molecule has 124 valence electrons. The maximum absolute atomic E-state index is 11.1. The van der Waals surface area contributed by atoms with Gasteiger partial charge in [0.1, 0.15) is 23.2 Å². The van der Waals surface area contributed by atoms with E-state index in [-0.39, 0.29) is 6.04 Å². The Morgan fingerprint density at radius 1 is 1.23 bits per heavy atom. The summed E-state index contributed by atoms with van der Waals surface area (Å²) in [7, 11) is 1.63. The van der Waals surface area contributed by atoms with Crippen molar-refractivity contribution in [1.82, 2.24) is 4.90 Å². The van der Waals surface area contributed by atoms with Crippen LogP contribution in [0.3, 0.4) is 0 Å². The fourth-order valence-corrected chi connectivity index (χ4v) is 3.57. The third-order valence-electron chi connectivity index (χ3n) is 4.34. The monoisotopic (exact) mass is 307 g/mol. The van der Waals surface area contributed by atoms with Crippen molar-refractivity contribution >= 4 is 0 Å². The van der Waals surface area contributed by atoms with Crippen LogP contribution in [0.15, 0.2) is 18.2 Å². The van der Waals surface area contributed by atoms with Gasteiger partial charge >= 0.3 is 0 Å². The highest BCUT2D eigenvalue weighted by Crippen LogP contribution is 2.46. The molecule has 0 saturated heterocycles. The van der Waals surface area contributed by atoms with Gasteiger partial charge in [-0.25, -0.2) is 0 Å². The number of ether oxygens (including phenoxy) is 2. The lowest BCUT2D eigenvalue weighted by Crippen LogP contribution is -2.58. The number of nitrogens with zero attached hydrogens (tertiary/aromatic N) is 1. The number of fused-ring (bicyclic) bond motifs is 1. The van der Waals surface area contributed by atoms with Crippen molar-refractivity contribution in [1.29, 1.82) is 0 Å². The van der Waals surface area contributed by atoms with E-state index in [2.05, 4.69) is 32.6 Å². The van der Waals surface area contributed by atoms with Gasteiger partial charge in [-0.15, -0.1) is 0 Å². The number of hydrogen-bond donors (Lipinski definition) is 1. The number of hydrogen-bond acceptors (Lipinski definition) is 4. The van der Waals surface area contributed by atoms with Crippen molar-refractivity contribution in [3.63, 3.8) is 0 Å². The van der Waals surface area contributed by atoms with Crippen LogP contribution in [0.2, 0.25) is 0 Å². The minimum absolute atomic E-state index is 0.0869. The van der Waals surface area contributed by atoms with Gasteiger partial charge in [-0.2, -0.15) is 0 Å². The minimum Gasteiger partial charge on any atom is -0.496 e. The molecule has 2 atom stereocenters. The van der Waals surface area contributed by atoms with Crippen molar-refractivity contribution in [3.05, 3.63) is 23.8 Å². The molecular formula is C18H29NO3. The van der Waals surface area contributed by atoms with Gasteiger partial charge < -0.3 is 14.6 Å². The first-order valence-corrected chi connectivity index (χ1v) is 8.24. The molecule has 4 nitrogen and oxygen atoms in total. The van der Waals surface area contributed by atoms with Crippen molar-refractivity contribution in [2.24, 2.45) is 0 Å². The molecule has 0 aliphatic carbocycles. The predicted molar refractivity (Wildman–Crippen MR) is 88.6 cm³/mol. The number of aliphatic hydroxyl groups excluding tert-OH is 1. The number of methoxy groups -OCH3 is 1. The Bertz CT molecular complexity index is 495. The van der Waals surface area contributed by atoms with E-state index in [9.17, 15) is 5.11 Å². The Labute approximate surface area is 134 Å². The molecule has 1 N–H and O–H groups in total. The van der Waals surface area contributed by atoms with Crippen LogP contribution in [0.4, 0.5) is 0 Å². The summed E-state index contributed by atoms with van der Waals surface area (Å²) in [6.07, 6.45) is 1.49. The molecule has 1 aromatic rings. The standard InChI is InChI=1S/C18H29NO3/c1-6-11-19(12-7-2)17-16(20)15-13(21-5)9-8-10-14(15)22-18(17,3)4/h8-10,16-17,20H,6-7,11-12H2,1-5H3. The molecule has 4 heteroatoms. The molecule has 22 heavy (non-hydrogen) atoms. The van der Waals surface area contributed by atoms with Gasteiger partial charge in [0.2, 0.25) is 0 Å². The quantitative estimate of drug-likeness (QED) is 0.875. The lowest BCUT2D eigenvalue weighted by molar-refractivity contribution is -0.0835. The molecule has 0 radical (unpaired) electrons. The van der Waals surface area contributed by atoms with Gasteiger partial charge in [0.05, 0.1) is 18.7 Å². The highest BCUT2D eigenvalue weighted by Gasteiger charge is 2.47. The van der Waals surface area contributed by atoms with E-state index >= 15 is 0 Å². The normalized spacial score (nSPS) is 23.0. The zero-order valence-electron chi connectivity index (χ0n) is 14.4. The highest BCUT2D eigenvalue weighted by atomic mass is 16.5. The number of aliphatic hydroxyl groups is 1. The summed E-state index contributed by atoms with van der Waals surface area (Å²) in [5.74, 6) is 1.42. The smallest absolute Gasteiger partial charge is 0.129 e. The van der Waals surface area contributed by atoms with Crippen molar-refractivity contribution in [2.75, 3.05) is 20.2 Å². The maximum Gasteiger partial charge on any atom is 0.129 e. The largest absolute Gasteiger partial charge is 0.496 e. The summed E-state index contributed by atoms with van der Waals surface area (Å²) in [5.41, 5.74) is 0.315. The molecule has 0 saturated carbocycles. The number of rotatable bonds is 6. The molecule has 0 fully saturated rings. The van der Waals surface area contributed by atoms with Gasteiger partial charge in [-0.3, -0.25) is 4.90 Å². The van der Waals surface area contributed by atoms with Crippen LogP contribution >= 0.6 is 0 Å². The van der Waals surface area contributed by atoms with Crippen molar-refractivity contribution in [2.45, 2.75) is 58.3 Å². The van der Waals surface area contributed by atoms with Crippen LogP contribution < -0.4 is 9.47 Å². The van der Waals surface area contributed by atoms with Crippen LogP contribution in [-0.2, 0) is 0 Å². The van der Waals surface area contributed by atoms with E-state index in [4.69, 9.17) is 9.47 Å². The van der Waals surface area contributed by atoms with E-state index in [0.717, 1.165) is 37.2 Å². The Morgan fingerprint density at radius 2 is 1.86 bits per heavy atom. The van der Waals surface area contributed by atoms with Gasteiger partial charge in [0, 0.05) is 0 Å². The molecule has 1 aromatic carbocycles. The average Bonchev–Trinajstić information content (AvgIpc) is 2.45. The summed E-state index contributed by atoms with van der Waals surface area (Å²) in [4.78, 5) is 2.35. The Balaban J connectivity index is 2.45. The third kappa shape index (κ3) is 3.08. The van der Waals surface area contributed by atoms with E-state index in [1.54, 1.807) is 7.11 Å². The van der Waals surface area contributed by atoms with Crippen LogP contribution in [0.1, 0.15) is 52.2 Å². The first-order chi connectivity index (χ1) is 10.5. The fourth-order valence-electron chi connectivity index (χ4n) is 3.57. The molecule has 1 heterocycles. The summed E-state index contributed by atoms with van der Waals surface area (Å²) in [6, 6.07) is 5.60. The SMILES string of the molecule is CCCN(CCC)C1C(O)c2c(OC)cccc2OC1(C)C. The van der Waals surface area contributed by atoms with Crippen LogP contribution in [0, 0.1) is 0 Å². The summed E-state index contributed by atoms with van der Waals surface area (Å²) in [5, 5.41) is 11.1. The van der Waals surface area contributed by atoms with Crippen LogP contribution in [0.25, 0.3) is 0 Å². The van der Waals surface area contributed by atoms with E-state index in [1.807, 2.05) is 18.2 Å². The second kappa shape index (κ2) is 6.88. The molecule has 0 amide bonds. The molecular weight excluding hydrogens is 278 g/mol. The molecule has 1 aliphatic heterocycles. The second-order valence-corrected chi connectivity index (χ2v) is 6.50. The van der Waals surface area contributed by atoms with Crippen LogP contribution in [0.5, 0.6) is 11.5 Å². The lowest BCUT2D eigenvalue weighted by Gasteiger charge is -2.48. The van der Waals surface area contributed by atoms with Gasteiger partial charge in [-0.1, -0.05) is 19.9 Å². The zero-order chi connectivity index (χ0) is 16.3. The summed E-state index contributed by atoms with van der Waals surface area (Å²) < 4.78 is 11.7. The van der Waals surface area contributed by atoms with Crippen molar-refractivity contribution in [3.8, 4) is 11.5 Å². The van der Waals surface area contributed by atoms with E-state index in [1.165, 1.54) is 0 Å².